The summed E-state index contributed by atoms with van der Waals surface area (Å²) >= 11 is 0. The molecular formula is C11H14N4O. The molecule has 0 radical (unpaired) electrons. The predicted molar refractivity (Wildman–Crippen MR) is 61.5 cm³/mol. The molecule has 16 heavy (non-hydrogen) atoms. The summed E-state index contributed by atoms with van der Waals surface area (Å²) in [4.78, 5) is 11.2. The quantitative estimate of drug-likeness (QED) is 0.441. The number of rotatable bonds is 2. The smallest absolute Gasteiger partial charge is 0.255 e. The van der Waals surface area contributed by atoms with Crippen molar-refractivity contribution in [3.63, 3.8) is 0 Å². The number of hydrogen-bond donors (Lipinski definition) is 2. The first kappa shape index (κ1) is 10.6. The molecule has 0 atom stereocenters. The molecule has 1 heterocycles. The van der Waals surface area contributed by atoms with Crippen molar-refractivity contribution >= 4 is 16.8 Å². The van der Waals surface area contributed by atoms with E-state index < -0.39 is 0 Å². The molecular weight excluding hydrogens is 204 g/mol. The maximum Gasteiger partial charge on any atom is 0.255 e. The SMILES string of the molecule is Cc1cc2cnn(CC(=O)NN)c2cc1C. The number of hydrazine groups is 1. The number of carbonyl (C=O) groups is 1. The largest absolute Gasteiger partial charge is 0.293 e. The van der Waals surface area contributed by atoms with Crippen LogP contribution in [0.15, 0.2) is 18.3 Å². The van der Waals surface area contributed by atoms with Gasteiger partial charge in [-0.3, -0.25) is 14.9 Å². The van der Waals surface area contributed by atoms with E-state index in [1.807, 2.05) is 13.0 Å². The van der Waals surface area contributed by atoms with Gasteiger partial charge in [0.25, 0.3) is 5.91 Å². The topological polar surface area (TPSA) is 72.9 Å². The van der Waals surface area contributed by atoms with Crippen LogP contribution >= 0.6 is 0 Å². The van der Waals surface area contributed by atoms with E-state index in [2.05, 4.69) is 23.5 Å². The Labute approximate surface area is 93.2 Å². The number of amides is 1. The molecule has 0 fully saturated rings. The van der Waals surface area contributed by atoms with Gasteiger partial charge >= 0.3 is 0 Å². The van der Waals surface area contributed by atoms with Gasteiger partial charge in [0, 0.05) is 5.39 Å². The number of aryl methyl sites for hydroxylation is 2. The Morgan fingerprint density at radius 1 is 1.44 bits per heavy atom. The monoisotopic (exact) mass is 218 g/mol. The molecule has 2 rings (SSSR count). The van der Waals surface area contributed by atoms with E-state index in [0.717, 1.165) is 10.9 Å². The molecule has 0 spiro atoms. The zero-order valence-electron chi connectivity index (χ0n) is 9.32. The van der Waals surface area contributed by atoms with E-state index in [0.29, 0.717) is 0 Å². The second-order valence-electron chi connectivity index (χ2n) is 3.87. The summed E-state index contributed by atoms with van der Waals surface area (Å²) in [6.45, 7) is 4.23. The predicted octanol–water partition coefficient (Wildman–Crippen LogP) is 0.643. The number of aromatic nitrogens is 2. The molecule has 5 nitrogen and oxygen atoms in total. The van der Waals surface area contributed by atoms with Crippen LogP contribution < -0.4 is 11.3 Å². The fraction of sp³-hybridized carbons (Fsp3) is 0.273. The maximum absolute atomic E-state index is 11.2. The van der Waals surface area contributed by atoms with Gasteiger partial charge in [-0.15, -0.1) is 0 Å². The first-order chi connectivity index (χ1) is 7.61. The Morgan fingerprint density at radius 3 is 2.81 bits per heavy atom. The minimum atomic E-state index is -0.261. The average Bonchev–Trinajstić information content (AvgIpc) is 2.62. The van der Waals surface area contributed by atoms with Crippen molar-refractivity contribution in [3.05, 3.63) is 29.5 Å². The van der Waals surface area contributed by atoms with Gasteiger partial charge in [-0.1, -0.05) is 0 Å². The normalized spacial score (nSPS) is 10.7. The van der Waals surface area contributed by atoms with Crippen LogP contribution in [-0.4, -0.2) is 15.7 Å². The summed E-state index contributed by atoms with van der Waals surface area (Å²) in [7, 11) is 0. The number of nitrogens with two attached hydrogens (primary N) is 1. The van der Waals surface area contributed by atoms with Gasteiger partial charge in [0.1, 0.15) is 6.54 Å². The second-order valence-corrected chi connectivity index (χ2v) is 3.87. The Hall–Kier alpha value is -1.88. The fourth-order valence-electron chi connectivity index (χ4n) is 1.65. The Balaban J connectivity index is 2.48. The number of fused-ring (bicyclic) bond motifs is 1. The van der Waals surface area contributed by atoms with Crippen molar-refractivity contribution in [3.8, 4) is 0 Å². The molecule has 3 N–H and O–H groups in total. The van der Waals surface area contributed by atoms with E-state index in [1.165, 1.54) is 11.1 Å². The molecule has 0 aliphatic heterocycles. The Morgan fingerprint density at radius 2 is 2.12 bits per heavy atom. The number of carbonyl (C=O) groups excluding carboxylic acids is 1. The lowest BCUT2D eigenvalue weighted by atomic mass is 10.1. The lowest BCUT2D eigenvalue weighted by molar-refractivity contribution is -0.121. The Bertz CT molecular complexity index is 544. The van der Waals surface area contributed by atoms with Gasteiger partial charge in [-0.2, -0.15) is 5.10 Å². The summed E-state index contributed by atoms with van der Waals surface area (Å²) in [5, 5.41) is 5.20. The molecule has 0 aliphatic carbocycles. The minimum absolute atomic E-state index is 0.141. The minimum Gasteiger partial charge on any atom is -0.293 e. The van der Waals surface area contributed by atoms with Gasteiger partial charge in [-0.25, -0.2) is 5.84 Å². The van der Waals surface area contributed by atoms with Crippen molar-refractivity contribution in [1.82, 2.24) is 15.2 Å². The van der Waals surface area contributed by atoms with Crippen LogP contribution in [0.4, 0.5) is 0 Å². The van der Waals surface area contributed by atoms with Crippen LogP contribution in [-0.2, 0) is 11.3 Å². The van der Waals surface area contributed by atoms with Gasteiger partial charge in [0.05, 0.1) is 11.7 Å². The zero-order valence-corrected chi connectivity index (χ0v) is 9.32. The molecule has 2 aromatic rings. The fourth-order valence-corrected chi connectivity index (χ4v) is 1.65. The molecule has 5 heteroatoms. The van der Waals surface area contributed by atoms with E-state index in [-0.39, 0.29) is 12.5 Å². The highest BCUT2D eigenvalue weighted by molar-refractivity contribution is 5.83. The van der Waals surface area contributed by atoms with Crippen molar-refractivity contribution < 1.29 is 4.79 Å². The average molecular weight is 218 g/mol. The van der Waals surface area contributed by atoms with Gasteiger partial charge < -0.3 is 0 Å². The van der Waals surface area contributed by atoms with Crippen molar-refractivity contribution in [1.29, 1.82) is 0 Å². The third kappa shape index (κ3) is 1.77. The van der Waals surface area contributed by atoms with E-state index in [1.54, 1.807) is 10.9 Å². The van der Waals surface area contributed by atoms with Crippen LogP contribution in [0.2, 0.25) is 0 Å². The number of nitrogens with one attached hydrogen (secondary N) is 1. The van der Waals surface area contributed by atoms with Crippen molar-refractivity contribution in [2.45, 2.75) is 20.4 Å². The summed E-state index contributed by atoms with van der Waals surface area (Å²) in [6.07, 6.45) is 1.76. The third-order valence-corrected chi connectivity index (χ3v) is 2.71. The number of hydrogen-bond acceptors (Lipinski definition) is 3. The number of nitrogens with zero attached hydrogens (tertiary/aromatic N) is 2. The van der Waals surface area contributed by atoms with Crippen molar-refractivity contribution in [2.24, 2.45) is 5.84 Å². The van der Waals surface area contributed by atoms with E-state index in [9.17, 15) is 4.79 Å². The summed E-state index contributed by atoms with van der Waals surface area (Å²) in [5.74, 6) is 4.79. The third-order valence-electron chi connectivity index (χ3n) is 2.71. The molecule has 84 valence electrons. The highest BCUT2D eigenvalue weighted by Gasteiger charge is 2.07. The van der Waals surface area contributed by atoms with Crippen molar-refractivity contribution in [2.75, 3.05) is 0 Å². The Kier molecular flexibility index (Phi) is 2.62. The lowest BCUT2D eigenvalue weighted by Gasteiger charge is -2.04. The summed E-state index contributed by atoms with van der Waals surface area (Å²) < 4.78 is 1.64. The van der Waals surface area contributed by atoms with Crippen LogP contribution in [0.1, 0.15) is 11.1 Å². The van der Waals surface area contributed by atoms with E-state index >= 15 is 0 Å². The van der Waals surface area contributed by atoms with Crippen LogP contribution in [0.5, 0.6) is 0 Å². The molecule has 0 aliphatic rings. The van der Waals surface area contributed by atoms with Crippen LogP contribution in [0, 0.1) is 13.8 Å². The first-order valence-electron chi connectivity index (χ1n) is 5.04. The summed E-state index contributed by atoms with van der Waals surface area (Å²) in [5.41, 5.74) is 5.45. The zero-order chi connectivity index (χ0) is 11.7. The van der Waals surface area contributed by atoms with Gasteiger partial charge in [0.2, 0.25) is 0 Å². The molecule has 0 bridgehead atoms. The first-order valence-corrected chi connectivity index (χ1v) is 5.04. The molecule has 0 saturated carbocycles. The van der Waals surface area contributed by atoms with Crippen LogP contribution in [0.25, 0.3) is 10.9 Å². The molecule has 1 amide bonds. The van der Waals surface area contributed by atoms with Gasteiger partial charge in [-0.05, 0) is 37.1 Å². The van der Waals surface area contributed by atoms with Gasteiger partial charge in [0.15, 0.2) is 0 Å². The van der Waals surface area contributed by atoms with E-state index in [4.69, 9.17) is 5.84 Å². The summed E-state index contributed by atoms with van der Waals surface area (Å²) in [6, 6.07) is 4.09. The lowest BCUT2D eigenvalue weighted by Crippen LogP contribution is -2.33. The molecule has 0 saturated heterocycles. The maximum atomic E-state index is 11.2. The standard InChI is InChI=1S/C11H14N4O/c1-7-3-9-5-13-15(6-11(16)14-12)10(9)4-8(7)2/h3-5H,6,12H2,1-2H3,(H,14,16). The molecule has 0 unspecified atom stereocenters. The molecule has 1 aromatic carbocycles. The second kappa shape index (κ2) is 3.94. The highest BCUT2D eigenvalue weighted by Crippen LogP contribution is 2.18. The van der Waals surface area contributed by atoms with Crippen LogP contribution in [0.3, 0.4) is 0 Å². The highest BCUT2D eigenvalue weighted by atomic mass is 16.2. The number of benzene rings is 1. The molecule has 1 aromatic heterocycles.